The number of hydrogen-bond acceptors (Lipinski definition) is 2. The molecule has 0 aliphatic heterocycles. The normalized spacial score (nSPS) is 13.6. The Balaban J connectivity index is 1.65. The summed E-state index contributed by atoms with van der Waals surface area (Å²) in [5, 5.41) is 3.00. The molecule has 0 atom stereocenters. The lowest BCUT2D eigenvalue weighted by atomic mass is 9.94. The standard InChI is InChI=1S/C44H34O4S2/c45-49(46,35-19-5-1-6-20-35,36-21-7-2-8-22-36)41-31-29-33-17-13-15-27-39(33)43(41)44-40-28-16-14-18-34(40)30-32-42(44)50(47,48,37-23-9-3-10-24-37)38-25-11-4-12-26-38/h1-32H,(H,45,46)(H,47,48). The van der Waals surface area contributed by atoms with Crippen LogP contribution in [0.5, 0.6) is 0 Å². The highest BCUT2D eigenvalue weighted by Gasteiger charge is 2.42. The van der Waals surface area contributed by atoms with E-state index in [0.717, 1.165) is 10.8 Å². The fraction of sp³-hybridized carbons (Fsp3) is 0. The average Bonchev–Trinajstić information content (AvgIpc) is 3.18. The molecule has 0 saturated heterocycles. The van der Waals surface area contributed by atoms with Gasteiger partial charge in [0.1, 0.15) is 0 Å². The zero-order valence-corrected chi connectivity index (χ0v) is 28.6. The van der Waals surface area contributed by atoms with Crippen LogP contribution in [0.3, 0.4) is 0 Å². The summed E-state index contributed by atoms with van der Waals surface area (Å²) in [7, 11) is -10.3. The third-order valence-corrected chi connectivity index (χ3v) is 16.5. The molecule has 0 radical (unpaired) electrons. The van der Waals surface area contributed by atoms with Crippen molar-refractivity contribution < 1.29 is 17.5 Å². The maximum atomic E-state index is 16.4. The minimum atomic E-state index is -5.16. The molecular weight excluding hydrogens is 657 g/mol. The van der Waals surface area contributed by atoms with Gasteiger partial charge in [0.2, 0.25) is 0 Å². The van der Waals surface area contributed by atoms with Crippen LogP contribution < -0.4 is 0 Å². The fourth-order valence-electron chi connectivity index (χ4n) is 7.12. The molecule has 4 nitrogen and oxygen atoms in total. The first-order valence-electron chi connectivity index (χ1n) is 16.3. The molecule has 6 heteroatoms. The Kier molecular flexibility index (Phi) is 7.33. The van der Waals surface area contributed by atoms with Gasteiger partial charge in [0.25, 0.3) is 0 Å². The second-order valence-electron chi connectivity index (χ2n) is 12.4. The molecule has 0 aromatic heterocycles. The highest BCUT2D eigenvalue weighted by atomic mass is 32.3. The highest BCUT2D eigenvalue weighted by molar-refractivity contribution is 8.16. The van der Waals surface area contributed by atoms with Crippen LogP contribution in [-0.2, 0) is 18.7 Å². The average molecular weight is 691 g/mol. The predicted octanol–water partition coefficient (Wildman–Crippen LogP) is 11.2. The molecule has 8 rings (SSSR count). The summed E-state index contributed by atoms with van der Waals surface area (Å²) in [4.78, 5) is 1.19. The molecule has 8 aromatic carbocycles. The van der Waals surface area contributed by atoms with Crippen LogP contribution in [0.4, 0.5) is 0 Å². The molecular formula is C44H34O4S2. The minimum Gasteiger partial charge on any atom is -0.290 e. The number of hydrogen-bond donors (Lipinski definition) is 2. The molecule has 2 N–H and O–H groups in total. The van der Waals surface area contributed by atoms with Crippen LogP contribution in [-0.4, -0.2) is 17.5 Å². The molecule has 246 valence electrons. The van der Waals surface area contributed by atoms with Crippen LogP contribution in [0.2, 0.25) is 0 Å². The summed E-state index contributed by atoms with van der Waals surface area (Å²) >= 11 is 0. The number of fused-ring (bicyclic) bond motifs is 2. The Morgan fingerprint density at radius 1 is 0.300 bits per heavy atom. The van der Waals surface area contributed by atoms with E-state index in [0.29, 0.717) is 21.9 Å². The summed E-state index contributed by atoms with van der Waals surface area (Å²) in [5.74, 6) is 0. The third-order valence-electron chi connectivity index (χ3n) is 9.57. The summed E-state index contributed by atoms with van der Waals surface area (Å²) in [6.07, 6.45) is 0. The van der Waals surface area contributed by atoms with E-state index in [1.54, 1.807) is 109 Å². The summed E-state index contributed by atoms with van der Waals surface area (Å²) in [5.41, 5.74) is 0.837. The van der Waals surface area contributed by atoms with E-state index in [1.165, 1.54) is 0 Å². The molecule has 0 saturated carbocycles. The molecule has 0 bridgehead atoms. The minimum absolute atomic E-state index is 0.145. The lowest BCUT2D eigenvalue weighted by Gasteiger charge is -2.47. The van der Waals surface area contributed by atoms with Gasteiger partial charge in [-0.05, 0) is 82.2 Å². The largest absolute Gasteiger partial charge is 0.290 e. The van der Waals surface area contributed by atoms with Gasteiger partial charge in [-0.25, -0.2) is 0 Å². The Hall–Kier alpha value is -5.50. The maximum Gasteiger partial charge on any atom is 0.0726 e. The third kappa shape index (κ3) is 4.57. The lowest BCUT2D eigenvalue weighted by Crippen LogP contribution is -2.35. The lowest BCUT2D eigenvalue weighted by molar-refractivity contribution is 0.508. The van der Waals surface area contributed by atoms with Gasteiger partial charge in [-0.2, -0.15) is 8.42 Å². The van der Waals surface area contributed by atoms with Crippen molar-refractivity contribution in [1.82, 2.24) is 0 Å². The second kappa shape index (κ2) is 11.5. The first-order chi connectivity index (χ1) is 24.2. The van der Waals surface area contributed by atoms with Crippen molar-refractivity contribution in [2.24, 2.45) is 0 Å². The van der Waals surface area contributed by atoms with Gasteiger partial charge in [-0.15, -0.1) is 18.7 Å². The van der Waals surface area contributed by atoms with Gasteiger partial charge in [0.15, 0.2) is 0 Å². The molecule has 8 aromatic rings. The van der Waals surface area contributed by atoms with Crippen molar-refractivity contribution in [2.75, 3.05) is 0 Å². The van der Waals surface area contributed by atoms with Gasteiger partial charge in [0.05, 0.1) is 29.4 Å². The maximum absolute atomic E-state index is 16.4. The van der Waals surface area contributed by atoms with Crippen molar-refractivity contribution in [3.63, 3.8) is 0 Å². The molecule has 0 heterocycles. The van der Waals surface area contributed by atoms with Gasteiger partial charge < -0.3 is 0 Å². The first-order valence-corrected chi connectivity index (χ1v) is 20.1. The molecule has 50 heavy (non-hydrogen) atoms. The number of benzene rings is 8. The quantitative estimate of drug-likeness (QED) is 0.175. The van der Waals surface area contributed by atoms with Crippen LogP contribution >= 0.6 is 0 Å². The molecule has 0 aliphatic carbocycles. The van der Waals surface area contributed by atoms with E-state index in [2.05, 4.69) is 0 Å². The molecule has 0 fully saturated rings. The highest BCUT2D eigenvalue weighted by Crippen LogP contribution is 2.58. The predicted molar refractivity (Wildman–Crippen MR) is 204 cm³/mol. The van der Waals surface area contributed by atoms with E-state index in [-0.39, 0.29) is 29.4 Å². The summed E-state index contributed by atoms with van der Waals surface area (Å²) < 4.78 is 59.5. The van der Waals surface area contributed by atoms with Crippen LogP contribution in [0.1, 0.15) is 0 Å². The van der Waals surface area contributed by atoms with Crippen molar-refractivity contribution in [2.45, 2.75) is 29.4 Å². The fourth-order valence-corrected chi connectivity index (χ4v) is 13.2. The smallest absolute Gasteiger partial charge is 0.0726 e. The Morgan fingerprint density at radius 3 is 0.860 bits per heavy atom. The monoisotopic (exact) mass is 690 g/mol. The van der Waals surface area contributed by atoms with E-state index in [1.807, 2.05) is 84.9 Å². The van der Waals surface area contributed by atoms with E-state index < -0.39 is 18.7 Å². The van der Waals surface area contributed by atoms with Crippen molar-refractivity contribution in [3.8, 4) is 11.1 Å². The van der Waals surface area contributed by atoms with Gasteiger partial charge >= 0.3 is 0 Å². The summed E-state index contributed by atoms with van der Waals surface area (Å²) in [6, 6.07) is 57.3. The Morgan fingerprint density at radius 2 is 0.560 bits per heavy atom. The Bertz CT molecular complexity index is 2400. The zero-order chi connectivity index (χ0) is 34.5. The Labute approximate surface area is 291 Å². The second-order valence-corrected chi connectivity index (χ2v) is 18.8. The van der Waals surface area contributed by atoms with E-state index >= 15 is 8.42 Å². The zero-order valence-electron chi connectivity index (χ0n) is 27.0. The molecule has 0 spiro atoms. The van der Waals surface area contributed by atoms with E-state index in [4.69, 9.17) is 0 Å². The van der Waals surface area contributed by atoms with Crippen LogP contribution in [0.15, 0.2) is 223 Å². The number of rotatable bonds is 7. The van der Waals surface area contributed by atoms with Crippen molar-refractivity contribution >= 4 is 40.2 Å². The molecule has 0 unspecified atom stereocenters. The van der Waals surface area contributed by atoms with Crippen molar-refractivity contribution in [1.29, 1.82) is 0 Å². The van der Waals surface area contributed by atoms with Crippen LogP contribution in [0.25, 0.3) is 32.7 Å². The summed E-state index contributed by atoms with van der Waals surface area (Å²) in [6.45, 7) is 0. The van der Waals surface area contributed by atoms with E-state index in [9.17, 15) is 9.11 Å². The van der Waals surface area contributed by atoms with Gasteiger partial charge in [-0.1, -0.05) is 133 Å². The van der Waals surface area contributed by atoms with Crippen LogP contribution in [0, 0.1) is 0 Å². The first kappa shape index (κ1) is 31.7. The molecule has 0 amide bonds. The SMILES string of the molecule is O=S(O)(c1ccccc1)(c1ccccc1)c1ccc2ccccc2c1-c1c(S(=O)(O)(c2ccccc2)c2ccccc2)ccc2ccccc12. The van der Waals surface area contributed by atoms with Crippen molar-refractivity contribution in [3.05, 3.63) is 194 Å². The van der Waals surface area contributed by atoms with Gasteiger partial charge in [-0.3, -0.25) is 9.11 Å². The van der Waals surface area contributed by atoms with Gasteiger partial charge in [0, 0.05) is 11.1 Å². The topological polar surface area (TPSA) is 74.6 Å². The molecule has 0 aliphatic rings.